The fourth-order valence-electron chi connectivity index (χ4n) is 3.17. The lowest BCUT2D eigenvalue weighted by molar-refractivity contribution is 0.506. The molecule has 0 heterocycles. The van der Waals surface area contributed by atoms with Gasteiger partial charge >= 0.3 is 0 Å². The molecular formula is C12H15N. The first-order valence-electron chi connectivity index (χ1n) is 5.16. The fraction of sp³-hybridized carbons (Fsp3) is 0.500. The van der Waals surface area contributed by atoms with Crippen LogP contribution in [0, 0.1) is 0 Å². The maximum atomic E-state index is 3.44. The van der Waals surface area contributed by atoms with Gasteiger partial charge in [-0.25, -0.2) is 0 Å². The summed E-state index contributed by atoms with van der Waals surface area (Å²) < 4.78 is 0. The van der Waals surface area contributed by atoms with Crippen molar-refractivity contribution < 1.29 is 0 Å². The van der Waals surface area contributed by atoms with Crippen molar-refractivity contribution in [3.05, 3.63) is 35.4 Å². The molecule has 0 radical (unpaired) electrons. The fourth-order valence-corrected chi connectivity index (χ4v) is 3.17. The minimum absolute atomic E-state index is 0.736. The highest BCUT2D eigenvalue weighted by Crippen LogP contribution is 2.52. The van der Waals surface area contributed by atoms with Crippen LogP contribution in [0.3, 0.4) is 0 Å². The van der Waals surface area contributed by atoms with Crippen LogP contribution in [0.2, 0.25) is 0 Å². The van der Waals surface area contributed by atoms with Crippen LogP contribution >= 0.6 is 0 Å². The Morgan fingerprint density at radius 1 is 1.15 bits per heavy atom. The van der Waals surface area contributed by atoms with Gasteiger partial charge in [-0.15, -0.1) is 0 Å². The predicted molar refractivity (Wildman–Crippen MR) is 54.0 cm³/mol. The Balaban J connectivity index is 2.07. The van der Waals surface area contributed by atoms with Gasteiger partial charge < -0.3 is 5.32 Å². The van der Waals surface area contributed by atoms with Crippen molar-refractivity contribution in [2.75, 3.05) is 7.05 Å². The van der Waals surface area contributed by atoms with E-state index in [-0.39, 0.29) is 0 Å². The topological polar surface area (TPSA) is 12.0 Å². The lowest BCUT2D eigenvalue weighted by Gasteiger charge is -2.23. The molecule has 3 rings (SSSR count). The quantitative estimate of drug-likeness (QED) is 0.687. The second-order valence-corrected chi connectivity index (χ2v) is 4.30. The van der Waals surface area contributed by atoms with E-state index in [4.69, 9.17) is 0 Å². The summed E-state index contributed by atoms with van der Waals surface area (Å²) in [6.07, 6.45) is 2.73. The van der Waals surface area contributed by atoms with E-state index in [1.165, 1.54) is 12.8 Å². The molecule has 1 aromatic rings. The zero-order valence-electron chi connectivity index (χ0n) is 7.96. The molecule has 1 aromatic carbocycles. The van der Waals surface area contributed by atoms with E-state index in [0.717, 1.165) is 17.9 Å². The standard InChI is InChI=1S/C12H15N/c1-13-12-7-8-6-11(12)10-5-3-2-4-9(8)10/h2-5,8,11-13H,6-7H2,1H3/t8-,11-,12-/m1/s1. The number of hydrogen-bond donors (Lipinski definition) is 1. The average molecular weight is 173 g/mol. The van der Waals surface area contributed by atoms with Gasteiger partial charge in [0.2, 0.25) is 0 Å². The zero-order chi connectivity index (χ0) is 8.84. The molecule has 2 aliphatic rings. The van der Waals surface area contributed by atoms with Crippen molar-refractivity contribution in [1.82, 2.24) is 5.32 Å². The highest BCUT2D eigenvalue weighted by Gasteiger charge is 2.42. The molecule has 1 fully saturated rings. The molecule has 0 aliphatic heterocycles. The van der Waals surface area contributed by atoms with Crippen molar-refractivity contribution in [2.45, 2.75) is 30.7 Å². The molecule has 0 unspecified atom stereocenters. The van der Waals surface area contributed by atoms with E-state index >= 15 is 0 Å². The van der Waals surface area contributed by atoms with Crippen LogP contribution in [-0.4, -0.2) is 13.1 Å². The maximum absolute atomic E-state index is 3.44. The summed E-state index contributed by atoms with van der Waals surface area (Å²) in [6, 6.07) is 9.70. The summed E-state index contributed by atoms with van der Waals surface area (Å²) >= 11 is 0. The van der Waals surface area contributed by atoms with Gasteiger partial charge in [0.25, 0.3) is 0 Å². The number of hydrogen-bond acceptors (Lipinski definition) is 1. The molecular weight excluding hydrogens is 158 g/mol. The Kier molecular flexibility index (Phi) is 1.50. The summed E-state index contributed by atoms with van der Waals surface area (Å²) in [5.41, 5.74) is 3.23. The molecule has 2 aliphatic carbocycles. The minimum atomic E-state index is 0.736. The predicted octanol–water partition coefficient (Wildman–Crippen LogP) is 2.25. The largest absolute Gasteiger partial charge is 0.316 e. The normalized spacial score (nSPS) is 35.0. The molecule has 1 nitrogen and oxygen atoms in total. The molecule has 1 saturated carbocycles. The van der Waals surface area contributed by atoms with Crippen LogP contribution in [0.4, 0.5) is 0 Å². The highest BCUT2D eigenvalue weighted by molar-refractivity contribution is 5.42. The SMILES string of the molecule is CN[C@@H]1C[C@H]2C[C@@H]1c1ccccc12. The van der Waals surface area contributed by atoms with Crippen LogP contribution in [-0.2, 0) is 0 Å². The Hall–Kier alpha value is -0.820. The van der Waals surface area contributed by atoms with Gasteiger partial charge in [-0.3, -0.25) is 0 Å². The van der Waals surface area contributed by atoms with E-state index in [0.29, 0.717) is 0 Å². The molecule has 1 heteroatoms. The Labute approximate surface area is 79.2 Å². The number of fused-ring (bicyclic) bond motifs is 5. The number of nitrogens with one attached hydrogen (secondary N) is 1. The van der Waals surface area contributed by atoms with Crippen molar-refractivity contribution in [3.63, 3.8) is 0 Å². The van der Waals surface area contributed by atoms with Gasteiger partial charge in [0.1, 0.15) is 0 Å². The second kappa shape index (κ2) is 2.58. The first-order chi connectivity index (χ1) is 6.40. The molecule has 13 heavy (non-hydrogen) atoms. The molecule has 0 amide bonds. The molecule has 68 valence electrons. The summed E-state index contributed by atoms with van der Waals surface area (Å²) in [5, 5.41) is 3.44. The third kappa shape index (κ3) is 0.910. The first kappa shape index (κ1) is 7.57. The van der Waals surface area contributed by atoms with Gasteiger partial charge in [0.15, 0.2) is 0 Å². The van der Waals surface area contributed by atoms with Gasteiger partial charge in [-0.1, -0.05) is 24.3 Å². The molecule has 0 saturated heterocycles. The lowest BCUT2D eigenvalue weighted by atomic mass is 9.88. The van der Waals surface area contributed by atoms with Crippen molar-refractivity contribution in [2.24, 2.45) is 0 Å². The lowest BCUT2D eigenvalue weighted by Crippen LogP contribution is -2.29. The maximum Gasteiger partial charge on any atom is 0.0139 e. The van der Waals surface area contributed by atoms with Gasteiger partial charge in [-0.05, 0) is 36.9 Å². The molecule has 1 N–H and O–H groups in total. The van der Waals surface area contributed by atoms with Crippen molar-refractivity contribution >= 4 is 0 Å². The monoisotopic (exact) mass is 173 g/mol. The molecule has 0 spiro atoms. The van der Waals surface area contributed by atoms with Crippen LogP contribution in [0.1, 0.15) is 35.8 Å². The van der Waals surface area contributed by atoms with Crippen molar-refractivity contribution in [1.29, 1.82) is 0 Å². The van der Waals surface area contributed by atoms with Crippen LogP contribution < -0.4 is 5.32 Å². The van der Waals surface area contributed by atoms with Crippen LogP contribution in [0.5, 0.6) is 0 Å². The van der Waals surface area contributed by atoms with E-state index < -0.39 is 0 Å². The van der Waals surface area contributed by atoms with Gasteiger partial charge in [0, 0.05) is 12.0 Å². The summed E-state index contributed by atoms with van der Waals surface area (Å²) in [6.45, 7) is 0. The number of benzene rings is 1. The molecule has 2 bridgehead atoms. The number of likely N-dealkylation sites (N-methyl/N-ethyl adjacent to an activating group) is 1. The summed E-state index contributed by atoms with van der Waals surface area (Å²) in [4.78, 5) is 0. The third-order valence-corrected chi connectivity index (χ3v) is 3.77. The Morgan fingerprint density at radius 2 is 1.92 bits per heavy atom. The van der Waals surface area contributed by atoms with E-state index in [1.54, 1.807) is 11.1 Å². The molecule has 3 atom stereocenters. The first-order valence-corrected chi connectivity index (χ1v) is 5.16. The highest BCUT2D eigenvalue weighted by atomic mass is 14.9. The number of rotatable bonds is 1. The third-order valence-electron chi connectivity index (χ3n) is 3.77. The van der Waals surface area contributed by atoms with Gasteiger partial charge in [0.05, 0.1) is 0 Å². The van der Waals surface area contributed by atoms with Gasteiger partial charge in [-0.2, -0.15) is 0 Å². The minimum Gasteiger partial charge on any atom is -0.316 e. The summed E-state index contributed by atoms with van der Waals surface area (Å²) in [7, 11) is 2.09. The average Bonchev–Trinajstić information content (AvgIpc) is 2.75. The van der Waals surface area contributed by atoms with E-state index in [9.17, 15) is 0 Å². The van der Waals surface area contributed by atoms with E-state index in [2.05, 4.69) is 36.6 Å². The van der Waals surface area contributed by atoms with Crippen LogP contribution in [0.25, 0.3) is 0 Å². The smallest absolute Gasteiger partial charge is 0.0139 e. The zero-order valence-corrected chi connectivity index (χ0v) is 7.96. The second-order valence-electron chi connectivity index (χ2n) is 4.30. The Bertz CT molecular complexity index is 330. The summed E-state index contributed by atoms with van der Waals surface area (Å²) in [5.74, 6) is 1.64. The Morgan fingerprint density at radius 3 is 2.69 bits per heavy atom. The van der Waals surface area contributed by atoms with Crippen LogP contribution in [0.15, 0.2) is 24.3 Å². The van der Waals surface area contributed by atoms with E-state index in [1.807, 2.05) is 0 Å². The van der Waals surface area contributed by atoms with Crippen molar-refractivity contribution in [3.8, 4) is 0 Å². The molecule has 0 aromatic heterocycles.